The number of carbonyl (C=O) groups is 3. The van der Waals surface area contributed by atoms with Gasteiger partial charge in [-0.05, 0) is 50.2 Å². The zero-order chi connectivity index (χ0) is 21.5. The number of carbonyl (C=O) groups excluding carboxylic acids is 3. The lowest BCUT2D eigenvalue weighted by Crippen LogP contribution is -2.35. The van der Waals surface area contributed by atoms with Crippen molar-refractivity contribution >= 4 is 40.8 Å². The molecule has 152 valence electrons. The topological polar surface area (TPSA) is 78.5 Å². The Morgan fingerprint density at radius 3 is 2.28 bits per heavy atom. The lowest BCUT2D eigenvalue weighted by Gasteiger charge is -2.17. The fourth-order valence-electron chi connectivity index (χ4n) is 2.95. The number of halogens is 4. The average Bonchev–Trinajstić information content (AvgIpc) is 2.86. The van der Waals surface area contributed by atoms with E-state index in [0.717, 1.165) is 11.0 Å². The predicted octanol–water partition coefficient (Wildman–Crippen LogP) is 5.01. The van der Waals surface area contributed by atoms with E-state index in [2.05, 4.69) is 10.6 Å². The summed E-state index contributed by atoms with van der Waals surface area (Å²) in [6.45, 7) is 3.39. The number of hydrogen-bond donors (Lipinski definition) is 2. The molecule has 2 aromatic carbocycles. The largest absolute Gasteiger partial charge is 0.418 e. The van der Waals surface area contributed by atoms with Gasteiger partial charge in [0.1, 0.15) is 0 Å². The summed E-state index contributed by atoms with van der Waals surface area (Å²) >= 11 is 5.61. The SMILES string of the molecule is CC(C)N1C(=O)c2ccc(NC(=O)Nc3ccc(Cl)cc3C(F)(F)F)cc2C1=O. The van der Waals surface area contributed by atoms with Crippen molar-refractivity contribution in [3.63, 3.8) is 0 Å². The van der Waals surface area contributed by atoms with E-state index in [4.69, 9.17) is 11.6 Å². The summed E-state index contributed by atoms with van der Waals surface area (Å²) in [5.41, 5.74) is -1.11. The Morgan fingerprint density at radius 2 is 1.66 bits per heavy atom. The van der Waals surface area contributed by atoms with Crippen molar-refractivity contribution in [3.8, 4) is 0 Å². The van der Waals surface area contributed by atoms with Gasteiger partial charge in [0.15, 0.2) is 0 Å². The Hall–Kier alpha value is -3.07. The molecule has 0 bridgehead atoms. The lowest BCUT2D eigenvalue weighted by atomic mass is 10.1. The maximum absolute atomic E-state index is 13.1. The van der Waals surface area contributed by atoms with Crippen molar-refractivity contribution < 1.29 is 27.6 Å². The molecule has 0 unspecified atom stereocenters. The van der Waals surface area contributed by atoms with Crippen molar-refractivity contribution in [2.45, 2.75) is 26.1 Å². The molecule has 0 atom stereocenters. The Bertz CT molecular complexity index is 1020. The van der Waals surface area contributed by atoms with Gasteiger partial charge >= 0.3 is 12.2 Å². The number of alkyl halides is 3. The highest BCUT2D eigenvalue weighted by Gasteiger charge is 2.37. The fraction of sp³-hybridized carbons (Fsp3) is 0.211. The molecule has 0 radical (unpaired) electrons. The molecule has 10 heteroatoms. The monoisotopic (exact) mass is 425 g/mol. The summed E-state index contributed by atoms with van der Waals surface area (Å²) in [4.78, 5) is 37.9. The van der Waals surface area contributed by atoms with Gasteiger partial charge in [0.2, 0.25) is 0 Å². The molecule has 1 heterocycles. The molecule has 0 saturated carbocycles. The minimum absolute atomic E-state index is 0.115. The van der Waals surface area contributed by atoms with Crippen LogP contribution in [0.1, 0.15) is 40.1 Å². The zero-order valence-electron chi connectivity index (χ0n) is 15.2. The molecule has 0 aliphatic carbocycles. The fourth-order valence-corrected chi connectivity index (χ4v) is 3.12. The Labute approximate surface area is 168 Å². The van der Waals surface area contributed by atoms with E-state index in [1.165, 1.54) is 24.3 Å². The number of nitrogens with zero attached hydrogens (tertiary/aromatic N) is 1. The third-order valence-electron chi connectivity index (χ3n) is 4.23. The molecule has 0 fully saturated rings. The smallest absolute Gasteiger partial charge is 0.308 e. The van der Waals surface area contributed by atoms with Gasteiger partial charge in [-0.15, -0.1) is 0 Å². The van der Waals surface area contributed by atoms with E-state index < -0.39 is 35.3 Å². The molecule has 4 amide bonds. The van der Waals surface area contributed by atoms with E-state index in [1.807, 2.05) is 0 Å². The number of imide groups is 1. The number of rotatable bonds is 3. The molecule has 3 rings (SSSR count). The zero-order valence-corrected chi connectivity index (χ0v) is 16.0. The number of anilines is 2. The van der Waals surface area contributed by atoms with Crippen molar-refractivity contribution in [1.29, 1.82) is 0 Å². The minimum Gasteiger partial charge on any atom is -0.308 e. The van der Waals surface area contributed by atoms with Gasteiger partial charge in [0, 0.05) is 16.8 Å². The van der Waals surface area contributed by atoms with Crippen molar-refractivity contribution in [1.82, 2.24) is 4.90 Å². The van der Waals surface area contributed by atoms with E-state index in [9.17, 15) is 27.6 Å². The maximum atomic E-state index is 13.1. The van der Waals surface area contributed by atoms with Crippen LogP contribution in [0.3, 0.4) is 0 Å². The van der Waals surface area contributed by atoms with Crippen molar-refractivity contribution in [2.24, 2.45) is 0 Å². The third-order valence-corrected chi connectivity index (χ3v) is 4.46. The van der Waals surface area contributed by atoms with Crippen LogP contribution in [-0.4, -0.2) is 28.8 Å². The summed E-state index contributed by atoms with van der Waals surface area (Å²) in [6.07, 6.45) is -4.71. The third kappa shape index (κ3) is 4.04. The molecule has 0 spiro atoms. The van der Waals surface area contributed by atoms with Crippen LogP contribution in [0.2, 0.25) is 5.02 Å². The number of urea groups is 1. The number of hydrogen-bond acceptors (Lipinski definition) is 3. The van der Waals surface area contributed by atoms with E-state index in [-0.39, 0.29) is 27.9 Å². The van der Waals surface area contributed by atoms with Crippen molar-refractivity contribution in [2.75, 3.05) is 10.6 Å². The second kappa shape index (κ2) is 7.40. The lowest BCUT2D eigenvalue weighted by molar-refractivity contribution is -0.136. The molecular weight excluding hydrogens is 411 g/mol. The summed E-state index contributed by atoms with van der Waals surface area (Å²) < 4.78 is 39.4. The quantitative estimate of drug-likeness (QED) is 0.679. The van der Waals surface area contributed by atoms with Gasteiger partial charge in [-0.3, -0.25) is 14.5 Å². The van der Waals surface area contributed by atoms with Crippen molar-refractivity contribution in [3.05, 3.63) is 58.1 Å². The summed E-state index contributed by atoms with van der Waals surface area (Å²) in [5, 5.41) is 4.35. The Morgan fingerprint density at radius 1 is 1.00 bits per heavy atom. The van der Waals surface area contributed by atoms with Gasteiger partial charge in [-0.1, -0.05) is 11.6 Å². The highest BCUT2D eigenvalue weighted by molar-refractivity contribution is 6.30. The van der Waals surface area contributed by atoms with Gasteiger partial charge in [0.05, 0.1) is 22.4 Å². The standard InChI is InChI=1S/C19H15ClF3N3O3/c1-9(2)26-16(27)12-5-4-11(8-13(12)17(26)28)24-18(29)25-15-6-3-10(20)7-14(15)19(21,22)23/h3-9H,1-2H3,(H2,24,25,29). The first-order valence-electron chi connectivity index (χ1n) is 8.45. The summed E-state index contributed by atoms with van der Waals surface area (Å²) in [6, 6.07) is 5.75. The molecule has 6 nitrogen and oxygen atoms in total. The molecular formula is C19H15ClF3N3O3. The normalized spacial score (nSPS) is 13.7. The number of fused-ring (bicyclic) bond motifs is 1. The predicted molar refractivity (Wildman–Crippen MR) is 101 cm³/mol. The van der Waals surface area contributed by atoms with Crippen LogP contribution in [0.15, 0.2) is 36.4 Å². The Balaban J connectivity index is 1.81. The highest BCUT2D eigenvalue weighted by atomic mass is 35.5. The Kier molecular flexibility index (Phi) is 5.27. The average molecular weight is 426 g/mol. The van der Waals surface area contributed by atoms with Crippen LogP contribution in [0.25, 0.3) is 0 Å². The van der Waals surface area contributed by atoms with Gasteiger partial charge in [-0.2, -0.15) is 13.2 Å². The number of nitrogens with one attached hydrogen (secondary N) is 2. The van der Waals surface area contributed by atoms with E-state index in [0.29, 0.717) is 6.07 Å². The molecule has 2 N–H and O–H groups in total. The molecule has 2 aromatic rings. The molecule has 0 saturated heterocycles. The van der Waals surface area contributed by atoms with E-state index in [1.54, 1.807) is 13.8 Å². The molecule has 29 heavy (non-hydrogen) atoms. The molecule has 1 aliphatic heterocycles. The molecule has 1 aliphatic rings. The van der Waals surface area contributed by atoms with Crippen LogP contribution >= 0.6 is 11.6 Å². The van der Waals surface area contributed by atoms with Gasteiger partial charge in [0.25, 0.3) is 11.8 Å². The minimum atomic E-state index is -4.71. The van der Waals surface area contributed by atoms with Gasteiger partial charge < -0.3 is 10.6 Å². The van der Waals surface area contributed by atoms with E-state index >= 15 is 0 Å². The number of benzene rings is 2. The van der Waals surface area contributed by atoms with Gasteiger partial charge in [-0.25, -0.2) is 4.79 Å². The van der Waals surface area contributed by atoms with Crippen LogP contribution in [0.5, 0.6) is 0 Å². The molecule has 0 aromatic heterocycles. The van der Waals surface area contributed by atoms with Crippen LogP contribution in [0.4, 0.5) is 29.3 Å². The van der Waals surface area contributed by atoms with Crippen LogP contribution in [0, 0.1) is 0 Å². The summed E-state index contributed by atoms with van der Waals surface area (Å²) in [7, 11) is 0. The first-order chi connectivity index (χ1) is 13.5. The maximum Gasteiger partial charge on any atom is 0.418 e. The van der Waals surface area contributed by atoms with Crippen LogP contribution in [-0.2, 0) is 6.18 Å². The first-order valence-corrected chi connectivity index (χ1v) is 8.83. The first kappa shape index (κ1) is 20.7. The summed E-state index contributed by atoms with van der Waals surface area (Å²) in [5.74, 6) is -0.937. The second-order valence-electron chi connectivity index (χ2n) is 6.60. The highest BCUT2D eigenvalue weighted by Crippen LogP contribution is 2.36. The van der Waals surface area contributed by atoms with Crippen LogP contribution < -0.4 is 10.6 Å². The number of amides is 4. The second-order valence-corrected chi connectivity index (χ2v) is 7.04.